The first-order chi connectivity index (χ1) is 32.3. The van der Waals surface area contributed by atoms with Crippen LogP contribution in [0.2, 0.25) is 0 Å². The molecule has 3 aromatic rings. The van der Waals surface area contributed by atoms with Crippen molar-refractivity contribution >= 4 is 65.4 Å². The number of carboxylic acid groups (broad SMARTS) is 1. The quantitative estimate of drug-likeness (QED) is 0.0373. The van der Waals surface area contributed by atoms with E-state index >= 15 is 0 Å². The molecule has 0 unspecified atom stereocenters. The Morgan fingerprint density at radius 3 is 1.63 bits per heavy atom. The number of unbranched alkanes of at least 4 members (excludes halogenated alkanes) is 1. The topological polar surface area (TPSA) is 306 Å². The van der Waals surface area contributed by atoms with Crippen molar-refractivity contribution in [2.45, 2.75) is 91.1 Å². The van der Waals surface area contributed by atoms with E-state index in [1.807, 2.05) is 0 Å². The number of carboxylic acids is 1. The van der Waals surface area contributed by atoms with Crippen LogP contribution in [-0.4, -0.2) is 108 Å². The molecular formula is C46H53N5O17. The molecule has 22 heteroatoms. The number of benzene rings is 3. The number of esters is 4. The van der Waals surface area contributed by atoms with Crippen molar-refractivity contribution in [2.75, 3.05) is 20.1 Å². The Balaban J connectivity index is 1.62. The number of amides is 5. The van der Waals surface area contributed by atoms with Gasteiger partial charge in [-0.3, -0.25) is 43.2 Å². The van der Waals surface area contributed by atoms with E-state index in [0.29, 0.717) is 0 Å². The highest BCUT2D eigenvalue weighted by atomic mass is 16.7. The summed E-state index contributed by atoms with van der Waals surface area (Å²) in [6, 6.07) is 13.4. The second-order valence-electron chi connectivity index (χ2n) is 14.8. The summed E-state index contributed by atoms with van der Waals surface area (Å²) in [5.74, 6) is -9.85. The molecule has 0 aliphatic heterocycles. The number of rotatable bonds is 24. The number of nitrogens with zero attached hydrogens (tertiary/aromatic N) is 1. The zero-order valence-electron chi connectivity index (χ0n) is 38.0. The van der Waals surface area contributed by atoms with E-state index < -0.39 is 77.4 Å². The van der Waals surface area contributed by atoms with Crippen molar-refractivity contribution in [3.8, 4) is 23.0 Å². The molecule has 0 aliphatic carbocycles. The van der Waals surface area contributed by atoms with Crippen LogP contribution in [0.4, 0.5) is 0 Å². The van der Waals surface area contributed by atoms with Crippen LogP contribution in [-0.2, 0) is 43.2 Å². The number of carbonyl (C=O) groups excluding carboxylic acids is 10. The van der Waals surface area contributed by atoms with Crippen molar-refractivity contribution in [1.82, 2.24) is 26.3 Å². The molecule has 0 spiro atoms. The molecule has 3 aromatic carbocycles. The molecule has 68 heavy (non-hydrogen) atoms. The minimum Gasteiger partial charge on any atom is -0.480 e. The van der Waals surface area contributed by atoms with Gasteiger partial charge in [0.05, 0.1) is 16.7 Å². The number of ether oxygens (including phenoxy) is 4. The minimum atomic E-state index is -1.31. The van der Waals surface area contributed by atoms with Crippen LogP contribution in [0.1, 0.15) is 110 Å². The summed E-state index contributed by atoms with van der Waals surface area (Å²) in [6.45, 7) is 4.27. The zero-order chi connectivity index (χ0) is 50.3. The average molecular weight is 948 g/mol. The molecule has 3 rings (SSSR count). The molecule has 5 N–H and O–H groups in total. The van der Waals surface area contributed by atoms with Crippen molar-refractivity contribution in [2.24, 2.45) is 0 Å². The number of aliphatic carboxylic acids is 1. The summed E-state index contributed by atoms with van der Waals surface area (Å²) in [5.41, 5.74) is -0.169. The van der Waals surface area contributed by atoms with Gasteiger partial charge in [-0.05, 0) is 74.9 Å². The Bertz CT molecular complexity index is 2350. The van der Waals surface area contributed by atoms with Gasteiger partial charge in [0.15, 0.2) is 23.0 Å². The summed E-state index contributed by atoms with van der Waals surface area (Å²) >= 11 is 0. The van der Waals surface area contributed by atoms with Crippen LogP contribution < -0.4 is 40.2 Å². The molecule has 0 saturated heterocycles. The molecule has 0 fully saturated rings. The van der Waals surface area contributed by atoms with Crippen LogP contribution in [0.3, 0.4) is 0 Å². The number of hydroxylamine groups is 2. The second-order valence-corrected chi connectivity index (χ2v) is 14.8. The Morgan fingerprint density at radius 2 is 1.09 bits per heavy atom. The standard InChI is InChI=1S/C46H53N5O17/c1-27(52)64-36-21-11-17-32(40(36)66-29(3)54)42(58)47-26-14-20-34(50-43(59)33-18-12-22-37(65-28(2)53)41(33)67-30(4)55)44(60)48-25-10-9-19-35(45(61)62)49-38(56)23-13-24-39(57)51(5)68-46(63)31-15-7-6-8-16-31/h6-8,11-12,15-18,21-22,34-35H,9-10,13-14,19-20,23-26H2,1-5H3,(H,47,58)(H,48,60)(H,49,56)(H,50,59)(H,61,62)/t34-,35-/m0/s1. The molecule has 0 aliphatic rings. The number of para-hydroxylation sites is 2. The van der Waals surface area contributed by atoms with Gasteiger partial charge >= 0.3 is 35.8 Å². The first kappa shape index (κ1) is 54.2. The molecule has 0 bridgehead atoms. The number of hydrogen-bond donors (Lipinski definition) is 5. The van der Waals surface area contributed by atoms with Gasteiger partial charge in [0.2, 0.25) is 11.8 Å². The van der Waals surface area contributed by atoms with Crippen molar-refractivity contribution < 1.29 is 81.6 Å². The average Bonchev–Trinajstić information content (AvgIpc) is 3.27. The van der Waals surface area contributed by atoms with Gasteiger partial charge in [-0.1, -0.05) is 30.3 Å². The van der Waals surface area contributed by atoms with Gasteiger partial charge in [-0.2, -0.15) is 5.06 Å². The third-order valence-electron chi connectivity index (χ3n) is 9.25. The lowest BCUT2D eigenvalue weighted by Gasteiger charge is -2.20. The van der Waals surface area contributed by atoms with E-state index in [-0.39, 0.29) is 104 Å². The Kier molecular flexibility index (Phi) is 21.8. The molecule has 2 atom stereocenters. The van der Waals surface area contributed by atoms with E-state index in [1.165, 1.54) is 55.6 Å². The van der Waals surface area contributed by atoms with Crippen LogP contribution >= 0.6 is 0 Å². The molecule has 0 saturated carbocycles. The molecule has 0 heterocycles. The highest BCUT2D eigenvalue weighted by molar-refractivity contribution is 6.01. The predicted molar refractivity (Wildman–Crippen MR) is 236 cm³/mol. The summed E-state index contributed by atoms with van der Waals surface area (Å²) in [5, 5.41) is 20.8. The summed E-state index contributed by atoms with van der Waals surface area (Å²) < 4.78 is 20.6. The summed E-state index contributed by atoms with van der Waals surface area (Å²) in [4.78, 5) is 142. The van der Waals surface area contributed by atoms with Gasteiger partial charge in [0.1, 0.15) is 12.1 Å². The fourth-order valence-electron chi connectivity index (χ4n) is 6.16. The molecule has 5 amide bonds. The largest absolute Gasteiger partial charge is 0.480 e. The normalized spacial score (nSPS) is 11.3. The smallest absolute Gasteiger partial charge is 0.363 e. The van der Waals surface area contributed by atoms with Crippen LogP contribution in [0.15, 0.2) is 66.7 Å². The van der Waals surface area contributed by atoms with E-state index in [1.54, 1.807) is 18.2 Å². The Labute approximate surface area is 390 Å². The van der Waals surface area contributed by atoms with Crippen LogP contribution in [0, 0.1) is 0 Å². The third-order valence-corrected chi connectivity index (χ3v) is 9.25. The molecule has 22 nitrogen and oxygen atoms in total. The maximum absolute atomic E-state index is 13.7. The first-order valence-electron chi connectivity index (χ1n) is 21.2. The summed E-state index contributed by atoms with van der Waals surface area (Å²) in [7, 11) is 1.25. The first-order valence-corrected chi connectivity index (χ1v) is 21.2. The Morgan fingerprint density at radius 1 is 0.559 bits per heavy atom. The number of carbonyl (C=O) groups is 11. The van der Waals surface area contributed by atoms with Crippen LogP contribution in [0.5, 0.6) is 23.0 Å². The van der Waals surface area contributed by atoms with Crippen LogP contribution in [0.25, 0.3) is 0 Å². The van der Waals surface area contributed by atoms with Gasteiger partial charge in [-0.15, -0.1) is 0 Å². The van der Waals surface area contributed by atoms with E-state index in [4.69, 9.17) is 23.8 Å². The van der Waals surface area contributed by atoms with Gasteiger partial charge in [0, 0.05) is 60.7 Å². The zero-order valence-corrected chi connectivity index (χ0v) is 38.0. The molecule has 364 valence electrons. The van der Waals surface area contributed by atoms with Crippen molar-refractivity contribution in [3.63, 3.8) is 0 Å². The maximum atomic E-state index is 13.7. The fraction of sp³-hybridized carbons (Fsp3) is 0.370. The number of nitrogens with one attached hydrogen (secondary N) is 4. The lowest BCUT2D eigenvalue weighted by atomic mass is 10.1. The lowest BCUT2D eigenvalue weighted by molar-refractivity contribution is -0.161. The van der Waals surface area contributed by atoms with Crippen molar-refractivity contribution in [1.29, 1.82) is 0 Å². The van der Waals surface area contributed by atoms with Gasteiger partial charge in [0.25, 0.3) is 17.7 Å². The SMILES string of the molecule is CC(=O)Oc1cccc(C(=O)NCCC[C@H](NC(=O)c2cccc(OC(C)=O)c2OC(C)=O)C(=O)NCCCC[C@H](NC(=O)CCCC(=O)N(C)OC(=O)c2ccccc2)C(=O)O)c1OC(C)=O. The monoisotopic (exact) mass is 947 g/mol. The second kappa shape index (κ2) is 27.3. The highest BCUT2D eigenvalue weighted by Gasteiger charge is 2.27. The Hall–Kier alpha value is -8.17. The molecule has 0 aromatic heterocycles. The lowest BCUT2D eigenvalue weighted by Crippen LogP contribution is -2.47. The molecule has 0 radical (unpaired) electrons. The molecular weight excluding hydrogens is 895 g/mol. The van der Waals surface area contributed by atoms with Gasteiger partial charge in [-0.25, -0.2) is 9.59 Å². The maximum Gasteiger partial charge on any atom is 0.363 e. The van der Waals surface area contributed by atoms with E-state index in [9.17, 15) is 57.8 Å². The van der Waals surface area contributed by atoms with Gasteiger partial charge < -0.3 is 50.2 Å². The minimum absolute atomic E-state index is 0.00899. The van der Waals surface area contributed by atoms with E-state index in [0.717, 1.165) is 32.8 Å². The van der Waals surface area contributed by atoms with Crippen molar-refractivity contribution in [3.05, 3.63) is 83.4 Å². The summed E-state index contributed by atoms with van der Waals surface area (Å²) in [6.07, 6.45) is 0.0372. The predicted octanol–water partition coefficient (Wildman–Crippen LogP) is 2.95. The third kappa shape index (κ3) is 18.4. The van der Waals surface area contributed by atoms with E-state index in [2.05, 4.69) is 21.3 Å². The fourth-order valence-corrected chi connectivity index (χ4v) is 6.16. The number of hydrogen-bond acceptors (Lipinski definition) is 16. The highest BCUT2D eigenvalue weighted by Crippen LogP contribution is 2.33.